The second-order valence-electron chi connectivity index (χ2n) is 5.19. The molecule has 0 bridgehead atoms. The molecular weight excluding hydrogens is 280 g/mol. The molecule has 0 aliphatic heterocycles. The minimum absolute atomic E-state index is 0.192. The van der Waals surface area contributed by atoms with Gasteiger partial charge in [0.15, 0.2) is 0 Å². The number of aryl methyl sites for hydroxylation is 1. The quantitative estimate of drug-likeness (QED) is 0.651. The van der Waals surface area contributed by atoms with Crippen LogP contribution in [0.4, 0.5) is 0 Å². The molecule has 1 rings (SSSR count). The Hall–Kier alpha value is -0.960. The van der Waals surface area contributed by atoms with Gasteiger partial charge in [-0.25, -0.2) is 13.1 Å². The fourth-order valence-corrected chi connectivity index (χ4v) is 3.16. The zero-order chi connectivity index (χ0) is 15.4. The molecule has 0 aromatic carbocycles. The first-order valence-electron chi connectivity index (χ1n) is 6.53. The van der Waals surface area contributed by atoms with Gasteiger partial charge in [-0.2, -0.15) is 5.10 Å². The zero-order valence-electron chi connectivity index (χ0n) is 12.7. The standard InChI is InChI=1S/C12H24N4O3S/c1-6-13-7-10-11(9(2)15-16-10)20(17,18)14-8-12(3,4)19-5/h13-14H,6-8H2,1-5H3,(H,15,16). The second kappa shape index (κ2) is 6.66. The molecule has 20 heavy (non-hydrogen) atoms. The first-order chi connectivity index (χ1) is 9.23. The van der Waals surface area contributed by atoms with Crippen LogP contribution in [0.5, 0.6) is 0 Å². The number of rotatable bonds is 8. The third-order valence-corrected chi connectivity index (χ3v) is 4.62. The van der Waals surface area contributed by atoms with Gasteiger partial charge < -0.3 is 10.1 Å². The monoisotopic (exact) mass is 304 g/mol. The molecule has 0 saturated heterocycles. The van der Waals surface area contributed by atoms with Gasteiger partial charge in [-0.3, -0.25) is 5.10 Å². The van der Waals surface area contributed by atoms with Gasteiger partial charge in [0.05, 0.1) is 17.0 Å². The van der Waals surface area contributed by atoms with Gasteiger partial charge in [-0.1, -0.05) is 6.92 Å². The Balaban J connectivity index is 2.95. The summed E-state index contributed by atoms with van der Waals surface area (Å²) in [4.78, 5) is 0.213. The number of hydrogen-bond donors (Lipinski definition) is 3. The van der Waals surface area contributed by atoms with E-state index < -0.39 is 15.6 Å². The van der Waals surface area contributed by atoms with Crippen molar-refractivity contribution in [2.75, 3.05) is 20.2 Å². The predicted octanol–water partition coefficient (Wildman–Crippen LogP) is 0.531. The molecule has 1 heterocycles. The molecule has 0 radical (unpaired) electrons. The molecule has 0 aliphatic carbocycles. The third kappa shape index (κ3) is 4.27. The molecule has 3 N–H and O–H groups in total. The van der Waals surface area contributed by atoms with Crippen molar-refractivity contribution in [1.82, 2.24) is 20.2 Å². The van der Waals surface area contributed by atoms with E-state index in [1.807, 2.05) is 20.8 Å². The summed E-state index contributed by atoms with van der Waals surface area (Å²) >= 11 is 0. The maximum atomic E-state index is 12.4. The van der Waals surface area contributed by atoms with E-state index in [0.717, 1.165) is 6.54 Å². The third-order valence-electron chi connectivity index (χ3n) is 3.01. The van der Waals surface area contributed by atoms with E-state index in [2.05, 4.69) is 20.2 Å². The Morgan fingerprint density at radius 3 is 2.60 bits per heavy atom. The van der Waals surface area contributed by atoms with E-state index in [1.54, 1.807) is 14.0 Å². The Morgan fingerprint density at radius 2 is 2.05 bits per heavy atom. The number of nitrogens with zero attached hydrogens (tertiary/aromatic N) is 1. The van der Waals surface area contributed by atoms with E-state index in [-0.39, 0.29) is 11.4 Å². The van der Waals surface area contributed by atoms with E-state index >= 15 is 0 Å². The summed E-state index contributed by atoms with van der Waals surface area (Å²) in [5, 5.41) is 9.84. The average molecular weight is 304 g/mol. The van der Waals surface area contributed by atoms with Crippen molar-refractivity contribution in [3.05, 3.63) is 11.4 Å². The van der Waals surface area contributed by atoms with Crippen molar-refractivity contribution in [3.8, 4) is 0 Å². The highest BCUT2D eigenvalue weighted by Gasteiger charge is 2.27. The molecule has 1 aromatic rings. The fourth-order valence-electron chi connectivity index (χ4n) is 1.60. The molecule has 1 aromatic heterocycles. The molecular formula is C12H24N4O3S. The summed E-state index contributed by atoms with van der Waals surface area (Å²) in [5.41, 5.74) is 0.458. The highest BCUT2D eigenvalue weighted by atomic mass is 32.2. The lowest BCUT2D eigenvalue weighted by Gasteiger charge is -2.23. The smallest absolute Gasteiger partial charge is 0.244 e. The van der Waals surface area contributed by atoms with Crippen LogP contribution in [-0.4, -0.2) is 44.4 Å². The van der Waals surface area contributed by atoms with Crippen LogP contribution in [0, 0.1) is 6.92 Å². The summed E-state index contributed by atoms with van der Waals surface area (Å²) in [6.45, 7) is 8.62. The van der Waals surface area contributed by atoms with Crippen LogP contribution in [0.25, 0.3) is 0 Å². The summed E-state index contributed by atoms with van der Waals surface area (Å²) < 4.78 is 32.6. The van der Waals surface area contributed by atoms with Crippen LogP contribution >= 0.6 is 0 Å². The number of hydrogen-bond acceptors (Lipinski definition) is 5. The van der Waals surface area contributed by atoms with Crippen molar-refractivity contribution in [1.29, 1.82) is 0 Å². The first kappa shape index (κ1) is 17.1. The predicted molar refractivity (Wildman–Crippen MR) is 77.0 cm³/mol. The normalized spacial score (nSPS) is 12.8. The van der Waals surface area contributed by atoms with Crippen molar-refractivity contribution in [2.45, 2.75) is 44.7 Å². The second-order valence-corrected chi connectivity index (χ2v) is 6.90. The lowest BCUT2D eigenvalue weighted by atomic mass is 10.1. The van der Waals surface area contributed by atoms with Crippen LogP contribution in [0.15, 0.2) is 4.90 Å². The number of ether oxygens (including phenoxy) is 1. The van der Waals surface area contributed by atoms with Crippen molar-refractivity contribution in [2.24, 2.45) is 0 Å². The molecule has 0 saturated carbocycles. The van der Waals surface area contributed by atoms with Crippen LogP contribution in [-0.2, 0) is 21.3 Å². The summed E-state index contributed by atoms with van der Waals surface area (Å²) in [6, 6.07) is 0. The Bertz CT molecular complexity index is 537. The number of aromatic amines is 1. The Labute approximate surface area is 120 Å². The Kier molecular flexibility index (Phi) is 5.69. The number of nitrogens with one attached hydrogen (secondary N) is 3. The van der Waals surface area contributed by atoms with Crippen LogP contribution in [0.1, 0.15) is 32.2 Å². The largest absolute Gasteiger partial charge is 0.377 e. The summed E-state index contributed by atoms with van der Waals surface area (Å²) in [6.07, 6.45) is 0. The van der Waals surface area contributed by atoms with Crippen LogP contribution < -0.4 is 10.0 Å². The average Bonchev–Trinajstić information content (AvgIpc) is 2.76. The lowest BCUT2D eigenvalue weighted by molar-refractivity contribution is 0.0276. The van der Waals surface area contributed by atoms with Crippen LogP contribution in [0.3, 0.4) is 0 Å². The number of methoxy groups -OCH3 is 1. The zero-order valence-corrected chi connectivity index (χ0v) is 13.5. The van der Waals surface area contributed by atoms with Crippen molar-refractivity contribution in [3.63, 3.8) is 0 Å². The lowest BCUT2D eigenvalue weighted by Crippen LogP contribution is -2.40. The van der Waals surface area contributed by atoms with Gasteiger partial charge in [-0.15, -0.1) is 0 Å². The van der Waals surface area contributed by atoms with E-state index in [9.17, 15) is 8.42 Å². The van der Waals surface area contributed by atoms with E-state index in [4.69, 9.17) is 4.74 Å². The molecule has 7 nitrogen and oxygen atoms in total. The van der Waals surface area contributed by atoms with Crippen LogP contribution in [0.2, 0.25) is 0 Å². The summed E-state index contributed by atoms with van der Waals surface area (Å²) in [5.74, 6) is 0. The minimum atomic E-state index is -3.62. The molecule has 0 amide bonds. The molecule has 116 valence electrons. The maximum absolute atomic E-state index is 12.4. The minimum Gasteiger partial charge on any atom is -0.377 e. The molecule has 0 aliphatic rings. The van der Waals surface area contributed by atoms with Gasteiger partial charge in [-0.05, 0) is 27.3 Å². The van der Waals surface area contributed by atoms with Gasteiger partial charge in [0.1, 0.15) is 4.90 Å². The first-order valence-corrected chi connectivity index (χ1v) is 8.01. The Morgan fingerprint density at radius 1 is 1.40 bits per heavy atom. The fraction of sp³-hybridized carbons (Fsp3) is 0.750. The maximum Gasteiger partial charge on any atom is 0.244 e. The highest BCUT2D eigenvalue weighted by Crippen LogP contribution is 2.18. The van der Waals surface area contributed by atoms with Gasteiger partial charge in [0, 0.05) is 20.2 Å². The van der Waals surface area contributed by atoms with E-state index in [1.165, 1.54) is 0 Å². The molecule has 8 heteroatoms. The molecule has 0 unspecified atom stereocenters. The van der Waals surface area contributed by atoms with Gasteiger partial charge in [0.25, 0.3) is 0 Å². The number of H-pyrrole nitrogens is 1. The topological polar surface area (TPSA) is 96.1 Å². The van der Waals surface area contributed by atoms with Crippen molar-refractivity contribution >= 4 is 10.0 Å². The molecule has 0 atom stereocenters. The highest BCUT2D eigenvalue weighted by molar-refractivity contribution is 7.89. The van der Waals surface area contributed by atoms with Gasteiger partial charge >= 0.3 is 0 Å². The summed E-state index contributed by atoms with van der Waals surface area (Å²) in [7, 11) is -2.07. The molecule has 0 spiro atoms. The van der Waals surface area contributed by atoms with Crippen molar-refractivity contribution < 1.29 is 13.2 Å². The van der Waals surface area contributed by atoms with E-state index in [0.29, 0.717) is 17.9 Å². The number of aromatic nitrogens is 2. The SMILES string of the molecule is CCNCc1n[nH]c(C)c1S(=O)(=O)NCC(C)(C)OC. The number of sulfonamides is 1. The van der Waals surface area contributed by atoms with Gasteiger partial charge in [0.2, 0.25) is 10.0 Å². The molecule has 0 fully saturated rings.